The summed E-state index contributed by atoms with van der Waals surface area (Å²) in [4.78, 5) is 27.5. The Balaban J connectivity index is 1.56. The quantitative estimate of drug-likeness (QED) is 0.632. The number of benzene rings is 1. The van der Waals surface area contributed by atoms with Gasteiger partial charge in [-0.25, -0.2) is 15.0 Å². The fourth-order valence-electron chi connectivity index (χ4n) is 3.75. The van der Waals surface area contributed by atoms with Gasteiger partial charge in [-0.2, -0.15) is 13.2 Å². The largest absolute Gasteiger partial charge is 0.433 e. The number of carbonyl (C=O) groups is 1. The lowest BCUT2D eigenvalue weighted by Gasteiger charge is -2.35. The third-order valence-corrected chi connectivity index (χ3v) is 5.41. The van der Waals surface area contributed by atoms with Gasteiger partial charge >= 0.3 is 6.18 Å². The molecule has 1 aromatic carbocycles. The van der Waals surface area contributed by atoms with Crippen molar-refractivity contribution in [2.75, 3.05) is 36.4 Å². The zero-order valence-electron chi connectivity index (χ0n) is 18.2. The van der Waals surface area contributed by atoms with Crippen molar-refractivity contribution in [3.8, 4) is 11.1 Å². The highest BCUT2D eigenvalue weighted by atomic mass is 19.4. The third-order valence-electron chi connectivity index (χ3n) is 5.41. The molecule has 7 nitrogen and oxygen atoms in total. The highest BCUT2D eigenvalue weighted by Gasteiger charge is 2.32. The average Bonchev–Trinajstić information content (AvgIpc) is 2.78. The third kappa shape index (κ3) is 5.39. The molecule has 1 aliphatic heterocycles. The first-order valence-electron chi connectivity index (χ1n) is 10.4. The van der Waals surface area contributed by atoms with Crippen molar-refractivity contribution in [2.24, 2.45) is 0 Å². The second-order valence-electron chi connectivity index (χ2n) is 7.87. The molecule has 1 amide bonds. The Bertz CT molecular complexity index is 1160. The molecular formula is C23H23F3N6O. The Morgan fingerprint density at radius 2 is 1.70 bits per heavy atom. The van der Waals surface area contributed by atoms with Crippen molar-refractivity contribution < 1.29 is 18.0 Å². The van der Waals surface area contributed by atoms with Crippen LogP contribution in [-0.4, -0.2) is 51.9 Å². The van der Waals surface area contributed by atoms with E-state index in [0.717, 1.165) is 34.8 Å². The van der Waals surface area contributed by atoms with Gasteiger partial charge < -0.3 is 15.1 Å². The summed E-state index contributed by atoms with van der Waals surface area (Å²) in [7, 11) is 0. The normalized spacial score (nSPS) is 14.3. The smallest absolute Gasteiger partial charge is 0.353 e. The molecule has 3 heterocycles. The Kier molecular flexibility index (Phi) is 6.17. The van der Waals surface area contributed by atoms with Gasteiger partial charge in [-0.15, -0.1) is 0 Å². The zero-order valence-corrected chi connectivity index (χ0v) is 18.2. The van der Waals surface area contributed by atoms with Gasteiger partial charge in [-0.3, -0.25) is 4.79 Å². The molecule has 1 N–H and O–H groups in total. The predicted octanol–water partition coefficient (Wildman–Crippen LogP) is 4.28. The maximum atomic E-state index is 13.0. The summed E-state index contributed by atoms with van der Waals surface area (Å²) in [5, 5.41) is 2.88. The number of aryl methyl sites for hydroxylation is 1. The van der Waals surface area contributed by atoms with Gasteiger partial charge in [0.05, 0.1) is 0 Å². The van der Waals surface area contributed by atoms with Crippen molar-refractivity contribution in [2.45, 2.75) is 20.0 Å². The number of amides is 1. The molecule has 10 heteroatoms. The Morgan fingerprint density at radius 1 is 0.970 bits per heavy atom. The number of anilines is 3. The standard InChI is InChI=1S/C23H23F3N6O/c1-15-11-18(13-19(12-15)29-22-28-6-4-20(30-22)23(24,25)26)17-3-5-27-21(14-17)32-9-7-31(8-10-32)16(2)33/h3-6,11-14H,7-10H2,1-2H3,(H,28,29,30). The van der Waals surface area contributed by atoms with Gasteiger partial charge in [0, 0.05) is 51.2 Å². The number of hydrogen-bond donors (Lipinski definition) is 1. The van der Waals surface area contributed by atoms with Crippen LogP contribution in [0.25, 0.3) is 11.1 Å². The average molecular weight is 456 g/mol. The van der Waals surface area contributed by atoms with E-state index in [4.69, 9.17) is 0 Å². The van der Waals surface area contributed by atoms with Crippen LogP contribution in [0, 0.1) is 6.92 Å². The van der Waals surface area contributed by atoms with Crippen molar-refractivity contribution >= 4 is 23.4 Å². The van der Waals surface area contributed by atoms with Crippen LogP contribution in [0.1, 0.15) is 18.2 Å². The van der Waals surface area contributed by atoms with Crippen molar-refractivity contribution in [3.05, 3.63) is 60.0 Å². The van der Waals surface area contributed by atoms with Gasteiger partial charge in [0.2, 0.25) is 11.9 Å². The lowest BCUT2D eigenvalue weighted by Crippen LogP contribution is -2.48. The van der Waals surface area contributed by atoms with Crippen molar-refractivity contribution in [1.29, 1.82) is 0 Å². The fraction of sp³-hybridized carbons (Fsp3) is 0.304. The van der Waals surface area contributed by atoms with Crippen LogP contribution in [0.3, 0.4) is 0 Å². The molecule has 33 heavy (non-hydrogen) atoms. The molecule has 0 saturated carbocycles. The van der Waals surface area contributed by atoms with E-state index in [1.165, 1.54) is 0 Å². The van der Waals surface area contributed by atoms with E-state index in [9.17, 15) is 18.0 Å². The molecule has 0 spiro atoms. The molecule has 172 valence electrons. The second kappa shape index (κ2) is 9.05. The molecule has 0 bridgehead atoms. The first-order chi connectivity index (χ1) is 15.7. The van der Waals surface area contributed by atoms with E-state index in [0.29, 0.717) is 31.9 Å². The van der Waals surface area contributed by atoms with Gasteiger partial charge in [-0.05, 0) is 53.9 Å². The predicted molar refractivity (Wildman–Crippen MR) is 119 cm³/mol. The van der Waals surface area contributed by atoms with Crippen LogP contribution in [-0.2, 0) is 11.0 Å². The van der Waals surface area contributed by atoms with Crippen LogP contribution in [0.2, 0.25) is 0 Å². The zero-order chi connectivity index (χ0) is 23.6. The minimum Gasteiger partial charge on any atom is -0.353 e. The van der Waals surface area contributed by atoms with Crippen LogP contribution >= 0.6 is 0 Å². The molecule has 1 saturated heterocycles. The highest BCUT2D eigenvalue weighted by molar-refractivity contribution is 5.74. The number of hydrogen-bond acceptors (Lipinski definition) is 6. The number of nitrogens with one attached hydrogen (secondary N) is 1. The summed E-state index contributed by atoms with van der Waals surface area (Å²) < 4.78 is 38.9. The molecule has 4 rings (SSSR count). The summed E-state index contributed by atoms with van der Waals surface area (Å²) in [5.74, 6) is 0.758. The van der Waals surface area contributed by atoms with Gasteiger partial charge in [0.15, 0.2) is 0 Å². The molecule has 0 unspecified atom stereocenters. The van der Waals surface area contributed by atoms with E-state index >= 15 is 0 Å². The van der Waals surface area contributed by atoms with Crippen LogP contribution in [0.5, 0.6) is 0 Å². The minimum absolute atomic E-state index is 0.0703. The molecule has 0 radical (unpaired) electrons. The molecule has 0 aliphatic carbocycles. The van der Waals surface area contributed by atoms with Crippen LogP contribution in [0.15, 0.2) is 48.8 Å². The molecule has 0 atom stereocenters. The second-order valence-corrected chi connectivity index (χ2v) is 7.87. The maximum Gasteiger partial charge on any atom is 0.433 e. The van der Waals surface area contributed by atoms with E-state index in [2.05, 4.69) is 25.2 Å². The summed E-state index contributed by atoms with van der Waals surface area (Å²) in [6.45, 7) is 6.17. The monoisotopic (exact) mass is 456 g/mol. The van der Waals surface area contributed by atoms with Crippen LogP contribution < -0.4 is 10.2 Å². The summed E-state index contributed by atoms with van der Waals surface area (Å²) in [6, 6.07) is 10.3. The number of alkyl halides is 3. The number of rotatable bonds is 4. The molecule has 2 aromatic heterocycles. The number of nitrogens with zero attached hydrogens (tertiary/aromatic N) is 5. The lowest BCUT2D eigenvalue weighted by atomic mass is 10.0. The summed E-state index contributed by atoms with van der Waals surface area (Å²) >= 11 is 0. The van der Waals surface area contributed by atoms with Crippen LogP contribution in [0.4, 0.5) is 30.6 Å². The fourth-order valence-corrected chi connectivity index (χ4v) is 3.75. The highest BCUT2D eigenvalue weighted by Crippen LogP contribution is 2.30. The number of pyridine rings is 1. The van der Waals surface area contributed by atoms with E-state index in [1.54, 1.807) is 13.1 Å². The van der Waals surface area contributed by atoms with Gasteiger partial charge in [0.25, 0.3) is 0 Å². The SMILES string of the molecule is CC(=O)N1CCN(c2cc(-c3cc(C)cc(Nc4nccc(C(F)(F)F)n4)c3)ccn2)CC1. The van der Waals surface area contributed by atoms with Gasteiger partial charge in [0.1, 0.15) is 11.5 Å². The van der Waals surface area contributed by atoms with E-state index in [1.807, 2.05) is 42.2 Å². The van der Waals surface area contributed by atoms with E-state index < -0.39 is 11.9 Å². The molecule has 1 fully saturated rings. The van der Waals surface area contributed by atoms with Crippen molar-refractivity contribution in [1.82, 2.24) is 19.9 Å². The number of aromatic nitrogens is 3. The minimum atomic E-state index is -4.54. The maximum absolute atomic E-state index is 13.0. The first-order valence-corrected chi connectivity index (χ1v) is 10.4. The molecular weight excluding hydrogens is 433 g/mol. The Labute approximate surface area is 189 Å². The number of halogens is 3. The Morgan fingerprint density at radius 3 is 2.39 bits per heavy atom. The molecule has 3 aromatic rings. The molecule has 1 aliphatic rings. The summed E-state index contributed by atoms with van der Waals surface area (Å²) in [6.07, 6.45) is -1.73. The first kappa shape index (κ1) is 22.5. The number of carbonyl (C=O) groups excluding carboxylic acids is 1. The van der Waals surface area contributed by atoms with Gasteiger partial charge in [-0.1, -0.05) is 6.07 Å². The van der Waals surface area contributed by atoms with E-state index in [-0.39, 0.29) is 11.9 Å². The summed E-state index contributed by atoms with van der Waals surface area (Å²) in [5.41, 5.74) is 2.31. The topological polar surface area (TPSA) is 74.2 Å². The lowest BCUT2D eigenvalue weighted by molar-refractivity contribution is -0.141. The number of piperazine rings is 1. The Hall–Kier alpha value is -3.69. The van der Waals surface area contributed by atoms with Crippen molar-refractivity contribution in [3.63, 3.8) is 0 Å².